The molecule has 2 aliphatic rings. The van der Waals surface area contributed by atoms with Gasteiger partial charge in [0, 0.05) is 51.4 Å². The molecule has 2 fully saturated rings. The van der Waals surface area contributed by atoms with Crippen molar-refractivity contribution in [2.45, 2.75) is 63.4 Å². The van der Waals surface area contributed by atoms with E-state index in [1.54, 1.807) is 33.1 Å². The molecule has 0 saturated carbocycles. The van der Waals surface area contributed by atoms with Gasteiger partial charge in [-0.3, -0.25) is 9.69 Å². The molecule has 208 valence electrons. The van der Waals surface area contributed by atoms with Gasteiger partial charge >= 0.3 is 0 Å². The number of nitrogens with one attached hydrogen (secondary N) is 1. The largest absolute Gasteiger partial charge is 0.497 e. The summed E-state index contributed by atoms with van der Waals surface area (Å²) in [5.41, 5.74) is 3.86. The summed E-state index contributed by atoms with van der Waals surface area (Å²) in [6, 6.07) is 12.5. The van der Waals surface area contributed by atoms with Gasteiger partial charge in [0.15, 0.2) is 0 Å². The molecule has 9 heteroatoms. The number of likely N-dealkylation sites (tertiary alicyclic amines) is 1. The minimum atomic E-state index is -3.71. The predicted octanol–water partition coefficient (Wildman–Crippen LogP) is 3.70. The first kappa shape index (κ1) is 28.4. The second kappa shape index (κ2) is 12.5. The predicted molar refractivity (Wildman–Crippen MR) is 151 cm³/mol. The third-order valence-electron chi connectivity index (χ3n) is 7.76. The topological polar surface area (TPSA) is 82.2 Å². The van der Waals surface area contributed by atoms with Crippen molar-refractivity contribution in [2.24, 2.45) is 0 Å². The number of anilines is 1. The van der Waals surface area contributed by atoms with Gasteiger partial charge in [-0.25, -0.2) is 12.7 Å². The van der Waals surface area contributed by atoms with E-state index in [0.717, 1.165) is 32.5 Å². The molecule has 0 unspecified atom stereocenters. The van der Waals surface area contributed by atoms with Crippen molar-refractivity contribution in [3.63, 3.8) is 0 Å². The van der Waals surface area contributed by atoms with E-state index in [-0.39, 0.29) is 29.8 Å². The van der Waals surface area contributed by atoms with Crippen LogP contribution in [-0.4, -0.2) is 76.5 Å². The van der Waals surface area contributed by atoms with E-state index >= 15 is 0 Å². The van der Waals surface area contributed by atoms with Gasteiger partial charge in [0.1, 0.15) is 5.75 Å². The Morgan fingerprint density at radius 1 is 1.03 bits per heavy atom. The van der Waals surface area contributed by atoms with Gasteiger partial charge in [0.05, 0.1) is 12.0 Å². The maximum atomic E-state index is 13.2. The van der Waals surface area contributed by atoms with Gasteiger partial charge in [-0.2, -0.15) is 0 Å². The molecule has 0 aromatic heterocycles. The number of aryl methyl sites for hydroxylation is 2. The molecule has 0 spiro atoms. The molecule has 2 aliphatic heterocycles. The number of benzene rings is 2. The Labute approximate surface area is 228 Å². The number of hydrogen-bond donors (Lipinski definition) is 1. The number of sulfonamides is 1. The third-order valence-corrected chi connectivity index (χ3v) is 9.92. The molecule has 0 radical (unpaired) electrons. The summed E-state index contributed by atoms with van der Waals surface area (Å²) in [5, 5.41) is 3.12. The van der Waals surface area contributed by atoms with E-state index in [1.165, 1.54) is 48.5 Å². The van der Waals surface area contributed by atoms with E-state index in [4.69, 9.17) is 4.74 Å². The number of hydrogen-bond acceptors (Lipinski definition) is 6. The van der Waals surface area contributed by atoms with Crippen molar-refractivity contribution in [1.82, 2.24) is 14.5 Å². The molecule has 2 saturated heterocycles. The van der Waals surface area contributed by atoms with Crippen molar-refractivity contribution >= 4 is 21.6 Å². The molecule has 2 aromatic carbocycles. The highest BCUT2D eigenvalue weighted by Gasteiger charge is 2.27. The van der Waals surface area contributed by atoms with Crippen LogP contribution in [0.15, 0.2) is 41.3 Å². The Kier molecular flexibility index (Phi) is 9.33. The zero-order valence-electron chi connectivity index (χ0n) is 23.2. The summed E-state index contributed by atoms with van der Waals surface area (Å²) < 4.78 is 32.9. The highest BCUT2D eigenvalue weighted by atomic mass is 32.2. The minimum Gasteiger partial charge on any atom is -0.497 e. The fourth-order valence-corrected chi connectivity index (χ4v) is 7.14. The molecule has 4 rings (SSSR count). The van der Waals surface area contributed by atoms with Gasteiger partial charge < -0.3 is 15.0 Å². The molecule has 0 atom stereocenters. The summed E-state index contributed by atoms with van der Waals surface area (Å²) in [4.78, 5) is 17.8. The van der Waals surface area contributed by atoms with Crippen molar-refractivity contribution in [3.05, 3.63) is 53.1 Å². The number of methoxy groups -OCH3 is 1. The van der Waals surface area contributed by atoms with E-state index in [2.05, 4.69) is 39.4 Å². The summed E-state index contributed by atoms with van der Waals surface area (Å²) in [6.07, 6.45) is 4.49. The first-order chi connectivity index (χ1) is 18.2. The number of rotatable bonds is 10. The summed E-state index contributed by atoms with van der Waals surface area (Å²) in [6.45, 7) is 8.87. The lowest BCUT2D eigenvalue weighted by molar-refractivity contribution is -0.122. The van der Waals surface area contributed by atoms with Gasteiger partial charge in [-0.1, -0.05) is 12.1 Å². The summed E-state index contributed by atoms with van der Waals surface area (Å²) in [7, 11) is -0.625. The molecule has 2 aromatic rings. The maximum Gasteiger partial charge on any atom is 0.243 e. The van der Waals surface area contributed by atoms with Crippen LogP contribution >= 0.6 is 0 Å². The average Bonchev–Trinajstić information content (AvgIpc) is 3.40. The average molecular weight is 543 g/mol. The Bertz CT molecular complexity index is 1180. The first-order valence-corrected chi connectivity index (χ1v) is 15.1. The number of amides is 1. The standard InChI is InChI=1S/C29H42N4O4S/c1-22-19-27(37-4)20-23(2)29(22)38(35,36)31(3)16-13-28(34)30-25-11-17-33(18-12-25)26-9-7-24(8-10-26)21-32-14-5-6-15-32/h7-10,19-20,25H,5-6,11-18,21H2,1-4H3,(H,30,34). The number of carbonyl (C=O) groups is 1. The highest BCUT2D eigenvalue weighted by molar-refractivity contribution is 7.89. The van der Waals surface area contributed by atoms with Crippen molar-refractivity contribution in [2.75, 3.05) is 51.8 Å². The minimum absolute atomic E-state index is 0.111. The molecule has 1 N–H and O–H groups in total. The van der Waals surface area contributed by atoms with E-state index in [1.807, 2.05) is 0 Å². The zero-order chi connectivity index (χ0) is 27.3. The number of nitrogens with zero attached hydrogens (tertiary/aromatic N) is 3. The van der Waals surface area contributed by atoms with E-state index < -0.39 is 10.0 Å². The number of carbonyl (C=O) groups excluding carboxylic acids is 1. The van der Waals surface area contributed by atoms with Crippen LogP contribution in [-0.2, 0) is 21.4 Å². The zero-order valence-corrected chi connectivity index (χ0v) is 24.0. The second-order valence-corrected chi connectivity index (χ2v) is 12.6. The van der Waals surface area contributed by atoms with Crippen LogP contribution in [0.2, 0.25) is 0 Å². The molecular weight excluding hydrogens is 500 g/mol. The number of ether oxygens (including phenoxy) is 1. The SMILES string of the molecule is COc1cc(C)c(S(=O)(=O)N(C)CCC(=O)NC2CCN(c3ccc(CN4CCCC4)cc3)CC2)c(C)c1. The number of piperidine rings is 1. The summed E-state index contributed by atoms with van der Waals surface area (Å²) >= 11 is 0. The lowest BCUT2D eigenvalue weighted by Crippen LogP contribution is -2.45. The van der Waals surface area contributed by atoms with Crippen LogP contribution in [0.1, 0.15) is 48.8 Å². The van der Waals surface area contributed by atoms with Crippen molar-refractivity contribution < 1.29 is 17.9 Å². The monoisotopic (exact) mass is 542 g/mol. The molecule has 8 nitrogen and oxygen atoms in total. The fraction of sp³-hybridized carbons (Fsp3) is 0.552. The Balaban J connectivity index is 1.23. The molecule has 2 heterocycles. The molecule has 0 aliphatic carbocycles. The normalized spacial score (nSPS) is 17.2. The molecular formula is C29H42N4O4S. The van der Waals surface area contributed by atoms with Crippen LogP contribution in [0.5, 0.6) is 5.75 Å². The van der Waals surface area contributed by atoms with Gasteiger partial charge in [0.2, 0.25) is 15.9 Å². The van der Waals surface area contributed by atoms with Gasteiger partial charge in [-0.05, 0) is 93.6 Å². The third kappa shape index (κ3) is 6.87. The van der Waals surface area contributed by atoms with Crippen molar-refractivity contribution in [1.29, 1.82) is 0 Å². The van der Waals surface area contributed by atoms with Gasteiger partial charge in [-0.15, -0.1) is 0 Å². The van der Waals surface area contributed by atoms with Crippen LogP contribution in [0.4, 0.5) is 5.69 Å². The Hall–Kier alpha value is -2.62. The second-order valence-electron chi connectivity index (χ2n) is 10.6. The van der Waals surface area contributed by atoms with Crippen LogP contribution < -0.4 is 15.0 Å². The molecule has 0 bridgehead atoms. The van der Waals surface area contributed by atoms with E-state index in [9.17, 15) is 13.2 Å². The lowest BCUT2D eigenvalue weighted by Gasteiger charge is -2.34. The van der Waals surface area contributed by atoms with E-state index in [0.29, 0.717) is 16.9 Å². The quantitative estimate of drug-likeness (QED) is 0.493. The smallest absolute Gasteiger partial charge is 0.243 e. The maximum absolute atomic E-state index is 13.2. The Morgan fingerprint density at radius 2 is 1.63 bits per heavy atom. The Morgan fingerprint density at radius 3 is 2.21 bits per heavy atom. The molecule has 38 heavy (non-hydrogen) atoms. The van der Waals surface area contributed by atoms with Crippen molar-refractivity contribution in [3.8, 4) is 5.75 Å². The fourth-order valence-electron chi connectivity index (χ4n) is 5.56. The summed E-state index contributed by atoms with van der Waals surface area (Å²) in [5.74, 6) is 0.515. The van der Waals surface area contributed by atoms with Gasteiger partial charge in [0.25, 0.3) is 0 Å². The van der Waals surface area contributed by atoms with Crippen LogP contribution in [0.25, 0.3) is 0 Å². The highest BCUT2D eigenvalue weighted by Crippen LogP contribution is 2.28. The van der Waals surface area contributed by atoms with Crippen LogP contribution in [0, 0.1) is 13.8 Å². The van der Waals surface area contributed by atoms with Crippen LogP contribution in [0.3, 0.4) is 0 Å². The first-order valence-electron chi connectivity index (χ1n) is 13.6. The lowest BCUT2D eigenvalue weighted by atomic mass is 10.0. The molecule has 1 amide bonds.